The Hall–Kier alpha value is -0.590. The Morgan fingerprint density at radius 3 is 2.35 bits per heavy atom. The molecule has 0 aliphatic heterocycles. The highest BCUT2D eigenvalue weighted by atomic mass is 15.1. The summed E-state index contributed by atoms with van der Waals surface area (Å²) in [5.74, 6) is 1.44. The van der Waals surface area contributed by atoms with Gasteiger partial charge in [0, 0.05) is 13.1 Å². The van der Waals surface area contributed by atoms with Gasteiger partial charge in [0.15, 0.2) is 0 Å². The van der Waals surface area contributed by atoms with Crippen LogP contribution < -0.4 is 5.32 Å². The van der Waals surface area contributed by atoms with Crippen LogP contribution in [-0.4, -0.2) is 36.6 Å². The number of likely N-dealkylation sites (N-methyl/N-ethyl adjacent to an activating group) is 1. The number of nitriles is 1. The first kappa shape index (κ1) is 14.5. The van der Waals surface area contributed by atoms with E-state index in [0.29, 0.717) is 5.92 Å². The highest BCUT2D eigenvalue weighted by Gasteiger charge is 2.45. The lowest BCUT2D eigenvalue weighted by Crippen LogP contribution is -2.56. The number of rotatable bonds is 7. The van der Waals surface area contributed by atoms with Crippen LogP contribution in [0.3, 0.4) is 0 Å². The van der Waals surface area contributed by atoms with Crippen LogP contribution in [0.5, 0.6) is 0 Å². The third-order valence-corrected chi connectivity index (χ3v) is 4.16. The van der Waals surface area contributed by atoms with E-state index in [9.17, 15) is 5.26 Å². The van der Waals surface area contributed by atoms with Crippen molar-refractivity contribution in [3.05, 3.63) is 0 Å². The maximum Gasteiger partial charge on any atom is 0.107 e. The number of nitrogens with zero attached hydrogens (tertiary/aromatic N) is 2. The molecule has 1 aliphatic rings. The van der Waals surface area contributed by atoms with Crippen molar-refractivity contribution in [2.45, 2.75) is 46.1 Å². The molecule has 0 saturated heterocycles. The summed E-state index contributed by atoms with van der Waals surface area (Å²) in [6.45, 7) is 13.0. The largest absolute Gasteiger partial charge is 0.303 e. The number of hydrogen-bond acceptors (Lipinski definition) is 3. The SMILES string of the molecule is CCN(CC)CCNC1(C#N)CC(C(C)C)C1. The molecule has 0 amide bonds. The molecule has 3 heteroatoms. The molecule has 0 atom stereocenters. The minimum atomic E-state index is -0.220. The Balaban J connectivity index is 2.29. The zero-order valence-electron chi connectivity index (χ0n) is 11.8. The first-order valence-corrected chi connectivity index (χ1v) is 6.95. The topological polar surface area (TPSA) is 39.1 Å². The third-order valence-electron chi connectivity index (χ3n) is 4.16. The van der Waals surface area contributed by atoms with E-state index in [1.165, 1.54) is 0 Å². The van der Waals surface area contributed by atoms with Crippen molar-refractivity contribution in [2.75, 3.05) is 26.2 Å². The average Bonchev–Trinajstić information content (AvgIpc) is 2.27. The Bertz CT molecular complexity index is 257. The van der Waals surface area contributed by atoms with Crippen LogP contribution in [0.4, 0.5) is 0 Å². The fraction of sp³-hybridized carbons (Fsp3) is 0.929. The second-order valence-corrected chi connectivity index (χ2v) is 5.56. The summed E-state index contributed by atoms with van der Waals surface area (Å²) in [5.41, 5.74) is -0.220. The molecule has 0 unspecified atom stereocenters. The Labute approximate surface area is 106 Å². The molecule has 1 N–H and O–H groups in total. The van der Waals surface area contributed by atoms with E-state index in [1.807, 2.05) is 0 Å². The van der Waals surface area contributed by atoms with Gasteiger partial charge in [0.05, 0.1) is 6.07 Å². The molecule has 0 aromatic heterocycles. The first-order chi connectivity index (χ1) is 8.06. The predicted molar refractivity (Wildman–Crippen MR) is 71.7 cm³/mol. The van der Waals surface area contributed by atoms with Gasteiger partial charge in [-0.15, -0.1) is 0 Å². The maximum atomic E-state index is 9.29. The van der Waals surface area contributed by atoms with Crippen LogP contribution in [0.25, 0.3) is 0 Å². The van der Waals surface area contributed by atoms with Crippen LogP contribution in [-0.2, 0) is 0 Å². The predicted octanol–water partition coefficient (Wildman–Crippen LogP) is 2.25. The molecule has 0 aromatic carbocycles. The van der Waals surface area contributed by atoms with Crippen molar-refractivity contribution >= 4 is 0 Å². The van der Waals surface area contributed by atoms with Crippen molar-refractivity contribution in [3.8, 4) is 6.07 Å². The fourth-order valence-electron chi connectivity index (χ4n) is 2.58. The van der Waals surface area contributed by atoms with Crippen molar-refractivity contribution in [3.63, 3.8) is 0 Å². The average molecular weight is 237 g/mol. The third kappa shape index (κ3) is 3.69. The van der Waals surface area contributed by atoms with E-state index in [2.05, 4.69) is 44.0 Å². The molecule has 1 rings (SSSR count). The van der Waals surface area contributed by atoms with Gasteiger partial charge in [-0.2, -0.15) is 5.26 Å². The molecule has 1 aliphatic carbocycles. The number of nitrogens with one attached hydrogen (secondary N) is 1. The molecule has 17 heavy (non-hydrogen) atoms. The summed E-state index contributed by atoms with van der Waals surface area (Å²) >= 11 is 0. The molecule has 0 heterocycles. The standard InChI is InChI=1S/C14H27N3/c1-5-17(6-2)8-7-16-14(11-15)9-13(10-14)12(3)4/h12-13,16H,5-10H2,1-4H3. The fourth-order valence-corrected chi connectivity index (χ4v) is 2.58. The Kier molecular flexibility index (Phi) is 5.42. The summed E-state index contributed by atoms with van der Waals surface area (Å²) in [4.78, 5) is 2.39. The van der Waals surface area contributed by atoms with Crippen molar-refractivity contribution in [1.29, 1.82) is 5.26 Å². The lowest BCUT2D eigenvalue weighted by molar-refractivity contribution is 0.112. The molecule has 0 bridgehead atoms. The van der Waals surface area contributed by atoms with Crippen molar-refractivity contribution < 1.29 is 0 Å². The lowest BCUT2D eigenvalue weighted by Gasteiger charge is -2.45. The monoisotopic (exact) mass is 237 g/mol. The highest BCUT2D eigenvalue weighted by molar-refractivity contribution is 5.15. The summed E-state index contributed by atoms with van der Waals surface area (Å²) in [6, 6.07) is 2.48. The second kappa shape index (κ2) is 6.37. The van der Waals surface area contributed by atoms with Gasteiger partial charge in [0.25, 0.3) is 0 Å². The minimum absolute atomic E-state index is 0.220. The summed E-state index contributed by atoms with van der Waals surface area (Å²) < 4.78 is 0. The molecule has 0 spiro atoms. The minimum Gasteiger partial charge on any atom is -0.303 e. The zero-order valence-corrected chi connectivity index (χ0v) is 11.8. The van der Waals surface area contributed by atoms with Gasteiger partial charge < -0.3 is 4.90 Å². The van der Waals surface area contributed by atoms with Crippen LogP contribution in [0.2, 0.25) is 0 Å². The van der Waals surface area contributed by atoms with E-state index in [0.717, 1.165) is 44.9 Å². The molecule has 98 valence electrons. The second-order valence-electron chi connectivity index (χ2n) is 5.56. The molecule has 0 radical (unpaired) electrons. The van der Waals surface area contributed by atoms with Gasteiger partial charge in [-0.05, 0) is 37.8 Å². The van der Waals surface area contributed by atoms with Gasteiger partial charge in [0.1, 0.15) is 5.54 Å². The Morgan fingerprint density at radius 1 is 1.35 bits per heavy atom. The van der Waals surface area contributed by atoms with Crippen LogP contribution in [0.1, 0.15) is 40.5 Å². The summed E-state index contributed by atoms with van der Waals surface area (Å²) in [7, 11) is 0. The molecule has 0 aromatic rings. The molecular weight excluding hydrogens is 210 g/mol. The van der Waals surface area contributed by atoms with E-state index in [1.54, 1.807) is 0 Å². The number of hydrogen-bond donors (Lipinski definition) is 1. The quantitative estimate of drug-likeness (QED) is 0.738. The van der Waals surface area contributed by atoms with Gasteiger partial charge in [-0.1, -0.05) is 27.7 Å². The Morgan fingerprint density at radius 2 is 1.94 bits per heavy atom. The molecule has 3 nitrogen and oxygen atoms in total. The van der Waals surface area contributed by atoms with E-state index < -0.39 is 0 Å². The van der Waals surface area contributed by atoms with E-state index in [-0.39, 0.29) is 5.54 Å². The van der Waals surface area contributed by atoms with Gasteiger partial charge in [-0.25, -0.2) is 0 Å². The van der Waals surface area contributed by atoms with Gasteiger partial charge in [0.2, 0.25) is 0 Å². The van der Waals surface area contributed by atoms with E-state index >= 15 is 0 Å². The van der Waals surface area contributed by atoms with Crippen LogP contribution in [0.15, 0.2) is 0 Å². The van der Waals surface area contributed by atoms with Crippen LogP contribution in [0, 0.1) is 23.2 Å². The van der Waals surface area contributed by atoms with Crippen molar-refractivity contribution in [2.24, 2.45) is 11.8 Å². The maximum absolute atomic E-state index is 9.29. The van der Waals surface area contributed by atoms with Gasteiger partial charge in [-0.3, -0.25) is 5.32 Å². The van der Waals surface area contributed by atoms with Gasteiger partial charge >= 0.3 is 0 Å². The molecular formula is C14H27N3. The normalized spacial score (nSPS) is 28.2. The molecule has 1 saturated carbocycles. The lowest BCUT2D eigenvalue weighted by atomic mass is 9.65. The smallest absolute Gasteiger partial charge is 0.107 e. The summed E-state index contributed by atoms with van der Waals surface area (Å²) in [6.07, 6.45) is 2.05. The zero-order chi connectivity index (χ0) is 12.9. The highest BCUT2D eigenvalue weighted by Crippen LogP contribution is 2.41. The van der Waals surface area contributed by atoms with Crippen molar-refractivity contribution in [1.82, 2.24) is 10.2 Å². The first-order valence-electron chi connectivity index (χ1n) is 6.95. The molecule has 1 fully saturated rings. The summed E-state index contributed by atoms with van der Waals surface area (Å²) in [5, 5.41) is 12.8. The van der Waals surface area contributed by atoms with Crippen LogP contribution >= 0.6 is 0 Å². The van der Waals surface area contributed by atoms with E-state index in [4.69, 9.17) is 0 Å².